The molecule has 1 saturated carbocycles. The molecule has 2 aliphatic rings. The van der Waals surface area contributed by atoms with E-state index >= 15 is 0 Å². The van der Waals surface area contributed by atoms with E-state index in [1.807, 2.05) is 30.9 Å². The molecule has 5 rings (SSSR count). The van der Waals surface area contributed by atoms with Crippen molar-refractivity contribution in [1.82, 2.24) is 4.90 Å². The predicted octanol–water partition coefficient (Wildman–Crippen LogP) is 5.30. The normalized spacial score (nSPS) is 21.6. The maximum absolute atomic E-state index is 13.2. The monoisotopic (exact) mass is 503 g/mol. The lowest BCUT2D eigenvalue weighted by Gasteiger charge is -2.47. The van der Waals surface area contributed by atoms with E-state index in [2.05, 4.69) is 32.0 Å². The number of piperidine rings is 1. The molecule has 1 aromatic heterocycles. The van der Waals surface area contributed by atoms with Crippen LogP contribution in [-0.4, -0.2) is 34.6 Å². The van der Waals surface area contributed by atoms with E-state index in [1.54, 1.807) is 0 Å². The summed E-state index contributed by atoms with van der Waals surface area (Å²) in [5.74, 6) is 0.721. The number of carbonyl (C=O) groups excluding carboxylic acids is 1. The Morgan fingerprint density at radius 1 is 1.11 bits per heavy atom. The molecule has 2 fully saturated rings. The zero-order chi connectivity index (χ0) is 26.3. The quantitative estimate of drug-likeness (QED) is 0.478. The molecule has 2 aromatic carbocycles. The summed E-state index contributed by atoms with van der Waals surface area (Å²) in [5.41, 5.74) is 4.82. The Hall–Kier alpha value is -3.12. The van der Waals surface area contributed by atoms with Crippen LogP contribution in [0.1, 0.15) is 65.5 Å². The molecule has 196 valence electrons. The van der Waals surface area contributed by atoms with Gasteiger partial charge in [-0.3, -0.25) is 4.79 Å². The number of carbonyl (C=O) groups is 1. The van der Waals surface area contributed by atoms with Gasteiger partial charge in [-0.15, -0.1) is 0 Å². The number of likely N-dealkylation sites (tertiary alicyclic amines) is 1. The van der Waals surface area contributed by atoms with Gasteiger partial charge in [-0.2, -0.15) is 0 Å². The lowest BCUT2D eigenvalue weighted by molar-refractivity contribution is -0.142. The minimum atomic E-state index is -0.637. The van der Waals surface area contributed by atoms with Crippen LogP contribution >= 0.6 is 0 Å². The van der Waals surface area contributed by atoms with Gasteiger partial charge in [0.25, 0.3) is 0 Å². The molecule has 1 aliphatic carbocycles. The number of ether oxygens (including phenoxy) is 1. The lowest BCUT2D eigenvalue weighted by Crippen LogP contribution is -2.55. The molecular weight excluding hydrogens is 466 g/mol. The van der Waals surface area contributed by atoms with Crippen LogP contribution in [0.3, 0.4) is 0 Å². The smallest absolute Gasteiger partial charge is 0.340 e. The number of fused-ring (bicyclic) bond motifs is 2. The summed E-state index contributed by atoms with van der Waals surface area (Å²) in [4.78, 5) is 28.1. The molecule has 1 N–H and O–H groups in total. The van der Waals surface area contributed by atoms with Crippen molar-refractivity contribution in [2.45, 2.75) is 78.4 Å². The van der Waals surface area contributed by atoms with Gasteiger partial charge >= 0.3 is 5.63 Å². The third kappa shape index (κ3) is 4.91. The molecule has 6 heteroatoms. The van der Waals surface area contributed by atoms with Crippen LogP contribution in [-0.2, 0) is 17.8 Å². The van der Waals surface area contributed by atoms with Crippen LogP contribution in [0.15, 0.2) is 39.5 Å². The van der Waals surface area contributed by atoms with Gasteiger partial charge in [-0.05, 0) is 75.8 Å². The number of benzene rings is 2. The average Bonchev–Trinajstić information content (AvgIpc) is 2.87. The number of amides is 1. The highest BCUT2D eigenvalue weighted by molar-refractivity contribution is 5.87. The zero-order valence-corrected chi connectivity index (χ0v) is 22.4. The molecule has 0 unspecified atom stereocenters. The van der Waals surface area contributed by atoms with E-state index in [9.17, 15) is 14.7 Å². The minimum Gasteiger partial charge on any atom is -0.488 e. The number of nitrogens with zero attached hydrogens (tertiary/aromatic N) is 1. The van der Waals surface area contributed by atoms with Crippen LogP contribution in [0.2, 0.25) is 0 Å². The molecule has 1 saturated heterocycles. The first-order valence-electron chi connectivity index (χ1n) is 13.4. The van der Waals surface area contributed by atoms with E-state index in [1.165, 1.54) is 11.1 Å². The molecule has 1 amide bonds. The molecule has 3 aromatic rings. The summed E-state index contributed by atoms with van der Waals surface area (Å²) in [6, 6.07) is 10.1. The minimum absolute atomic E-state index is 0.0131. The van der Waals surface area contributed by atoms with Crippen molar-refractivity contribution >= 4 is 16.9 Å². The Bertz CT molecular complexity index is 1410. The fourth-order valence-corrected chi connectivity index (χ4v) is 6.10. The van der Waals surface area contributed by atoms with Crippen molar-refractivity contribution < 1.29 is 19.1 Å². The fraction of sp³-hybridized carbons (Fsp3) is 0.484. The Kier molecular flexibility index (Phi) is 6.88. The van der Waals surface area contributed by atoms with E-state index in [-0.39, 0.29) is 18.2 Å². The first-order chi connectivity index (χ1) is 17.7. The summed E-state index contributed by atoms with van der Waals surface area (Å²) in [6.45, 7) is 9.43. The number of hydrogen-bond acceptors (Lipinski definition) is 5. The number of hydrogen-bond donors (Lipinski definition) is 1. The van der Waals surface area contributed by atoms with Gasteiger partial charge in [-0.25, -0.2) is 4.79 Å². The van der Waals surface area contributed by atoms with E-state index in [4.69, 9.17) is 9.15 Å². The van der Waals surface area contributed by atoms with Crippen LogP contribution in [0, 0.1) is 33.6 Å². The number of aryl methyl sites for hydroxylation is 4. The highest BCUT2D eigenvalue weighted by Crippen LogP contribution is 2.40. The standard InChI is InChI=1S/C31H37NO5/c1-19-8-9-20(2)23(15-19)18-36-27-11-10-25-21(3)26(30(34)37-29(25)22(27)4)16-28(33)32-14-13-31(35)12-6-5-7-24(31)17-32/h8-11,15,24,35H,5-7,12-14,16-18H2,1-4H3/t24-,31+/m1/s1. The van der Waals surface area contributed by atoms with Crippen molar-refractivity contribution in [2.75, 3.05) is 13.1 Å². The van der Waals surface area contributed by atoms with Gasteiger partial charge in [0, 0.05) is 30.0 Å². The van der Waals surface area contributed by atoms with Gasteiger partial charge in [0.2, 0.25) is 5.91 Å². The van der Waals surface area contributed by atoms with Crippen LogP contribution in [0.4, 0.5) is 0 Å². The Morgan fingerprint density at radius 2 is 1.92 bits per heavy atom. The van der Waals surface area contributed by atoms with E-state index < -0.39 is 11.2 Å². The second-order valence-corrected chi connectivity index (χ2v) is 11.1. The van der Waals surface area contributed by atoms with Gasteiger partial charge < -0.3 is 19.2 Å². The van der Waals surface area contributed by atoms with Crippen molar-refractivity contribution in [1.29, 1.82) is 0 Å². The number of aliphatic hydroxyl groups is 1. The molecular formula is C31H37NO5. The van der Waals surface area contributed by atoms with Crippen LogP contribution < -0.4 is 10.4 Å². The van der Waals surface area contributed by atoms with Gasteiger partial charge in [0.05, 0.1) is 17.6 Å². The average molecular weight is 504 g/mol. The SMILES string of the molecule is Cc1ccc(C)c(COc2ccc3c(C)c(CC(=O)N4CC[C@@]5(O)CCCC[C@@H]5C4)c(=O)oc3c2C)c1. The summed E-state index contributed by atoms with van der Waals surface area (Å²) in [6.07, 6.45) is 4.54. The van der Waals surface area contributed by atoms with Crippen molar-refractivity contribution in [3.05, 3.63) is 74.1 Å². The molecule has 2 atom stereocenters. The topological polar surface area (TPSA) is 80.0 Å². The summed E-state index contributed by atoms with van der Waals surface area (Å²) in [7, 11) is 0. The van der Waals surface area contributed by atoms with E-state index in [0.717, 1.165) is 47.8 Å². The highest BCUT2D eigenvalue weighted by atomic mass is 16.5. The maximum atomic E-state index is 13.2. The van der Waals surface area contributed by atoms with Crippen molar-refractivity contribution in [3.8, 4) is 5.75 Å². The van der Waals surface area contributed by atoms with Crippen LogP contribution in [0.25, 0.3) is 11.0 Å². The fourth-order valence-electron chi connectivity index (χ4n) is 6.10. The molecule has 1 aliphatic heterocycles. The molecule has 0 bridgehead atoms. The molecule has 37 heavy (non-hydrogen) atoms. The van der Waals surface area contributed by atoms with Crippen molar-refractivity contribution in [2.24, 2.45) is 5.92 Å². The van der Waals surface area contributed by atoms with Crippen LogP contribution in [0.5, 0.6) is 5.75 Å². The highest BCUT2D eigenvalue weighted by Gasteiger charge is 2.43. The van der Waals surface area contributed by atoms with Gasteiger partial charge in [0.15, 0.2) is 0 Å². The third-order valence-corrected chi connectivity index (χ3v) is 8.65. The number of rotatable bonds is 5. The Morgan fingerprint density at radius 3 is 2.73 bits per heavy atom. The molecule has 2 heterocycles. The van der Waals surface area contributed by atoms with Crippen molar-refractivity contribution in [3.63, 3.8) is 0 Å². The van der Waals surface area contributed by atoms with E-state index in [0.29, 0.717) is 43.0 Å². The third-order valence-electron chi connectivity index (χ3n) is 8.65. The Balaban J connectivity index is 1.35. The summed E-state index contributed by atoms with van der Waals surface area (Å²) < 4.78 is 11.9. The lowest BCUT2D eigenvalue weighted by atomic mass is 9.71. The summed E-state index contributed by atoms with van der Waals surface area (Å²) in [5, 5.41) is 11.8. The second-order valence-electron chi connectivity index (χ2n) is 11.1. The maximum Gasteiger partial charge on any atom is 0.340 e. The molecule has 6 nitrogen and oxygen atoms in total. The second kappa shape index (κ2) is 9.97. The first kappa shape index (κ1) is 25.5. The predicted molar refractivity (Wildman–Crippen MR) is 144 cm³/mol. The largest absolute Gasteiger partial charge is 0.488 e. The summed E-state index contributed by atoms with van der Waals surface area (Å²) >= 11 is 0. The Labute approximate surface area is 218 Å². The zero-order valence-electron chi connectivity index (χ0n) is 22.4. The van der Waals surface area contributed by atoms with Gasteiger partial charge in [0.1, 0.15) is 17.9 Å². The van der Waals surface area contributed by atoms with Gasteiger partial charge in [-0.1, -0.05) is 36.6 Å². The molecule has 0 radical (unpaired) electrons. The first-order valence-corrected chi connectivity index (χ1v) is 13.4. The molecule has 0 spiro atoms.